The van der Waals surface area contributed by atoms with Crippen LogP contribution < -0.4 is 5.32 Å². The Labute approximate surface area is 150 Å². The third kappa shape index (κ3) is 4.46. The zero-order chi connectivity index (χ0) is 18.2. The lowest BCUT2D eigenvalue weighted by Crippen LogP contribution is -2.26. The van der Waals surface area contributed by atoms with Crippen molar-refractivity contribution in [1.29, 1.82) is 0 Å². The molecule has 0 radical (unpaired) electrons. The Morgan fingerprint density at radius 1 is 1.08 bits per heavy atom. The van der Waals surface area contributed by atoms with E-state index in [0.717, 1.165) is 16.7 Å². The summed E-state index contributed by atoms with van der Waals surface area (Å²) in [7, 11) is 0. The van der Waals surface area contributed by atoms with Crippen LogP contribution in [0.2, 0.25) is 0 Å². The van der Waals surface area contributed by atoms with Gasteiger partial charge in [0, 0.05) is 11.5 Å². The van der Waals surface area contributed by atoms with E-state index in [1.54, 1.807) is 4.68 Å². The Kier molecular flexibility index (Phi) is 5.59. The van der Waals surface area contributed by atoms with Crippen LogP contribution in [0.25, 0.3) is 10.4 Å². The second kappa shape index (κ2) is 8.46. The van der Waals surface area contributed by atoms with E-state index in [4.69, 9.17) is 5.53 Å². The van der Waals surface area contributed by atoms with E-state index < -0.39 is 0 Å². The van der Waals surface area contributed by atoms with E-state index in [0.29, 0.717) is 25.3 Å². The molecular weight excluding hydrogens is 330 g/mol. The highest BCUT2D eigenvalue weighted by molar-refractivity contribution is 5.92. The van der Waals surface area contributed by atoms with Crippen LogP contribution in [0.3, 0.4) is 0 Å². The van der Waals surface area contributed by atoms with Gasteiger partial charge in [-0.1, -0.05) is 64.9 Å². The second-order valence-electron chi connectivity index (χ2n) is 5.65. The van der Waals surface area contributed by atoms with E-state index in [9.17, 15) is 4.79 Å². The van der Waals surface area contributed by atoms with Crippen LogP contribution >= 0.6 is 0 Å². The third-order valence-electron chi connectivity index (χ3n) is 3.82. The van der Waals surface area contributed by atoms with Gasteiger partial charge in [-0.25, -0.2) is 4.68 Å². The van der Waals surface area contributed by atoms with E-state index in [2.05, 4.69) is 25.7 Å². The van der Waals surface area contributed by atoms with Gasteiger partial charge in [0.2, 0.25) is 0 Å². The highest BCUT2D eigenvalue weighted by Gasteiger charge is 2.13. The number of carbonyl (C=O) groups excluding carboxylic acids is 1. The summed E-state index contributed by atoms with van der Waals surface area (Å²) in [6.45, 7) is 1.18. The first-order valence-corrected chi connectivity index (χ1v) is 8.05. The van der Waals surface area contributed by atoms with Crippen molar-refractivity contribution in [2.45, 2.75) is 19.6 Å². The Morgan fingerprint density at radius 3 is 2.54 bits per heavy atom. The van der Waals surface area contributed by atoms with Crippen molar-refractivity contribution in [3.8, 4) is 0 Å². The highest BCUT2D eigenvalue weighted by atomic mass is 16.2. The summed E-state index contributed by atoms with van der Waals surface area (Å²) in [5.74, 6) is -0.223. The van der Waals surface area contributed by atoms with Gasteiger partial charge >= 0.3 is 0 Å². The zero-order valence-corrected chi connectivity index (χ0v) is 14.0. The minimum atomic E-state index is -0.223. The van der Waals surface area contributed by atoms with Gasteiger partial charge in [-0.2, -0.15) is 0 Å². The smallest absolute Gasteiger partial charge is 0.271 e. The summed E-state index contributed by atoms with van der Waals surface area (Å²) in [6, 6.07) is 17.3. The summed E-state index contributed by atoms with van der Waals surface area (Å²) >= 11 is 0. The first kappa shape index (κ1) is 17.2. The van der Waals surface area contributed by atoms with Crippen molar-refractivity contribution < 1.29 is 4.79 Å². The second-order valence-corrected chi connectivity index (χ2v) is 5.65. The molecule has 0 spiro atoms. The molecule has 0 bridgehead atoms. The predicted octanol–water partition coefficient (Wildman–Crippen LogP) is 3.07. The topological polar surface area (TPSA) is 109 Å². The van der Waals surface area contributed by atoms with Gasteiger partial charge in [0.1, 0.15) is 5.69 Å². The lowest BCUT2D eigenvalue weighted by atomic mass is 10.1. The van der Waals surface area contributed by atoms with Crippen molar-refractivity contribution in [2.24, 2.45) is 5.11 Å². The van der Waals surface area contributed by atoms with Gasteiger partial charge in [-0.15, -0.1) is 5.10 Å². The molecule has 1 amide bonds. The van der Waals surface area contributed by atoms with Gasteiger partial charge in [0.25, 0.3) is 5.91 Å². The Bertz CT molecular complexity index is 912. The molecule has 0 aliphatic heterocycles. The zero-order valence-electron chi connectivity index (χ0n) is 14.0. The van der Waals surface area contributed by atoms with Gasteiger partial charge < -0.3 is 5.32 Å². The number of aromatic nitrogens is 3. The van der Waals surface area contributed by atoms with E-state index in [1.165, 1.54) is 6.20 Å². The number of azide groups is 1. The fourth-order valence-electron chi connectivity index (χ4n) is 2.46. The summed E-state index contributed by atoms with van der Waals surface area (Å²) < 4.78 is 1.56. The van der Waals surface area contributed by atoms with E-state index in [-0.39, 0.29) is 5.91 Å². The molecule has 2 aromatic carbocycles. The van der Waals surface area contributed by atoms with Crippen molar-refractivity contribution in [2.75, 3.05) is 0 Å². The van der Waals surface area contributed by atoms with E-state index >= 15 is 0 Å². The summed E-state index contributed by atoms with van der Waals surface area (Å²) in [5.41, 5.74) is 11.7. The Balaban J connectivity index is 1.64. The van der Waals surface area contributed by atoms with Gasteiger partial charge in [-0.05, 0) is 22.2 Å². The molecular formula is C18H17N7O. The summed E-state index contributed by atoms with van der Waals surface area (Å²) in [6.07, 6.45) is 1.45. The van der Waals surface area contributed by atoms with Crippen LogP contribution in [0, 0.1) is 0 Å². The summed E-state index contributed by atoms with van der Waals surface area (Å²) in [5, 5.41) is 14.3. The average Bonchev–Trinajstić information content (AvgIpc) is 3.14. The fraction of sp³-hybridized carbons (Fsp3) is 0.167. The lowest BCUT2D eigenvalue weighted by molar-refractivity contribution is 0.0940. The standard InChI is InChI=1S/C18H17N7O/c19-23-21-11-15-6-8-16(9-7-15)13-25-17(12-22-24-25)18(26)20-10-14-4-2-1-3-5-14/h1-9,12H,10-11,13H2,(H,20,26). The molecule has 26 heavy (non-hydrogen) atoms. The van der Waals surface area contributed by atoms with Gasteiger partial charge in [-0.3, -0.25) is 4.79 Å². The Morgan fingerprint density at radius 2 is 1.81 bits per heavy atom. The van der Waals surface area contributed by atoms with Crippen LogP contribution in [0.15, 0.2) is 65.9 Å². The monoisotopic (exact) mass is 347 g/mol. The maximum absolute atomic E-state index is 12.4. The average molecular weight is 347 g/mol. The largest absolute Gasteiger partial charge is 0.347 e. The molecule has 1 aromatic heterocycles. The number of hydrogen-bond donors (Lipinski definition) is 1. The minimum absolute atomic E-state index is 0.223. The molecule has 8 heteroatoms. The molecule has 130 valence electrons. The first-order chi connectivity index (χ1) is 12.8. The number of benzene rings is 2. The van der Waals surface area contributed by atoms with Crippen molar-refractivity contribution in [1.82, 2.24) is 20.3 Å². The molecule has 1 heterocycles. The predicted molar refractivity (Wildman–Crippen MR) is 96.0 cm³/mol. The summed E-state index contributed by atoms with van der Waals surface area (Å²) in [4.78, 5) is 15.1. The number of rotatable bonds is 7. The molecule has 0 saturated heterocycles. The number of nitrogens with zero attached hydrogens (tertiary/aromatic N) is 6. The number of carbonyl (C=O) groups is 1. The molecule has 3 rings (SSSR count). The van der Waals surface area contributed by atoms with Crippen molar-refractivity contribution in [3.05, 3.63) is 93.6 Å². The van der Waals surface area contributed by atoms with Crippen LogP contribution in [-0.2, 0) is 19.6 Å². The molecule has 0 aliphatic rings. The molecule has 1 N–H and O–H groups in total. The van der Waals surface area contributed by atoms with Crippen LogP contribution in [0.1, 0.15) is 27.2 Å². The fourth-order valence-corrected chi connectivity index (χ4v) is 2.46. The quantitative estimate of drug-likeness (QED) is 0.403. The van der Waals surface area contributed by atoms with Crippen LogP contribution in [0.5, 0.6) is 0 Å². The normalized spacial score (nSPS) is 10.2. The molecule has 0 unspecified atom stereocenters. The van der Waals surface area contributed by atoms with Crippen molar-refractivity contribution >= 4 is 5.91 Å². The number of amides is 1. The third-order valence-corrected chi connectivity index (χ3v) is 3.82. The number of hydrogen-bond acceptors (Lipinski definition) is 4. The van der Waals surface area contributed by atoms with Crippen LogP contribution in [-0.4, -0.2) is 20.9 Å². The lowest BCUT2D eigenvalue weighted by Gasteiger charge is -2.08. The SMILES string of the molecule is [N-]=[N+]=NCc1ccc(Cn2nncc2C(=O)NCc2ccccc2)cc1. The maximum atomic E-state index is 12.4. The maximum Gasteiger partial charge on any atom is 0.271 e. The van der Waals surface area contributed by atoms with Crippen LogP contribution in [0.4, 0.5) is 0 Å². The van der Waals surface area contributed by atoms with Gasteiger partial charge in [0.15, 0.2) is 0 Å². The van der Waals surface area contributed by atoms with E-state index in [1.807, 2.05) is 54.6 Å². The van der Waals surface area contributed by atoms with Gasteiger partial charge in [0.05, 0.1) is 19.3 Å². The molecule has 0 saturated carbocycles. The molecule has 3 aromatic rings. The number of nitrogens with one attached hydrogen (secondary N) is 1. The van der Waals surface area contributed by atoms with Crippen molar-refractivity contribution in [3.63, 3.8) is 0 Å². The molecule has 0 aliphatic carbocycles. The Hall–Kier alpha value is -3.64. The first-order valence-electron chi connectivity index (χ1n) is 8.05. The molecule has 0 atom stereocenters. The molecule has 8 nitrogen and oxygen atoms in total. The minimum Gasteiger partial charge on any atom is -0.347 e. The molecule has 0 fully saturated rings. The highest BCUT2D eigenvalue weighted by Crippen LogP contribution is 2.09.